The smallest absolute Gasteiger partial charge is 0.163 e. The van der Waals surface area contributed by atoms with Crippen molar-refractivity contribution in [2.24, 2.45) is 0 Å². The summed E-state index contributed by atoms with van der Waals surface area (Å²) in [6, 6.07) is 14.8. The Morgan fingerprint density at radius 3 is 2.63 bits per heavy atom. The Hall–Kier alpha value is -2.68. The molecule has 1 fully saturated rings. The highest BCUT2D eigenvalue weighted by Crippen LogP contribution is 2.33. The predicted molar refractivity (Wildman–Crippen MR) is 119 cm³/mol. The minimum atomic E-state index is -0.967. The van der Waals surface area contributed by atoms with Crippen LogP contribution in [0, 0.1) is 11.8 Å². The maximum Gasteiger partial charge on any atom is 0.163 e. The molecular weight excluding hydrogens is 376 g/mol. The summed E-state index contributed by atoms with van der Waals surface area (Å²) in [6.45, 7) is 7.66. The van der Waals surface area contributed by atoms with Gasteiger partial charge in [0.1, 0.15) is 18.8 Å². The molecule has 2 heterocycles. The highest BCUT2D eigenvalue weighted by Gasteiger charge is 2.21. The normalized spacial score (nSPS) is 19.0. The Kier molecular flexibility index (Phi) is 6.17. The van der Waals surface area contributed by atoms with E-state index in [9.17, 15) is 5.11 Å². The maximum absolute atomic E-state index is 9.74. The van der Waals surface area contributed by atoms with Crippen LogP contribution in [0.3, 0.4) is 0 Å². The first-order valence-electron chi connectivity index (χ1n) is 10.7. The summed E-state index contributed by atoms with van der Waals surface area (Å²) in [5, 5.41) is 13.4. The van der Waals surface area contributed by atoms with Crippen molar-refractivity contribution in [2.75, 3.05) is 31.6 Å². The topological polar surface area (TPSA) is 54.0 Å². The number of nitrogens with zero attached hydrogens (tertiary/aromatic N) is 1. The zero-order valence-corrected chi connectivity index (χ0v) is 17.8. The Morgan fingerprint density at radius 2 is 1.87 bits per heavy atom. The van der Waals surface area contributed by atoms with E-state index < -0.39 is 5.60 Å². The van der Waals surface area contributed by atoms with Crippen LogP contribution in [0.4, 0.5) is 5.69 Å². The molecule has 158 valence electrons. The van der Waals surface area contributed by atoms with Crippen LogP contribution in [0.2, 0.25) is 0 Å². The van der Waals surface area contributed by atoms with Crippen molar-refractivity contribution in [1.82, 2.24) is 4.90 Å². The summed E-state index contributed by atoms with van der Waals surface area (Å²) in [5.41, 5.74) is 2.33. The van der Waals surface area contributed by atoms with Gasteiger partial charge in [0.15, 0.2) is 11.5 Å². The molecule has 1 unspecified atom stereocenters. The minimum absolute atomic E-state index is 0.415. The minimum Gasteiger partial charge on any atom is -0.486 e. The fraction of sp³-hybridized carbons (Fsp3) is 0.440. The molecular formula is C25H30N2O3. The van der Waals surface area contributed by atoms with E-state index in [1.54, 1.807) is 13.8 Å². The SMILES string of the molecule is CC(C)(O)C#Cc1ccc(CN2CCCC(Nc3ccc4c(c3)OCCO4)C2)cc1. The lowest BCUT2D eigenvalue weighted by molar-refractivity contribution is 0.143. The van der Waals surface area contributed by atoms with Gasteiger partial charge < -0.3 is 19.9 Å². The van der Waals surface area contributed by atoms with Crippen LogP contribution in [0.1, 0.15) is 37.8 Å². The number of benzene rings is 2. The first-order chi connectivity index (χ1) is 14.4. The monoisotopic (exact) mass is 406 g/mol. The molecule has 2 aromatic rings. The van der Waals surface area contributed by atoms with Crippen LogP contribution in [0.15, 0.2) is 42.5 Å². The van der Waals surface area contributed by atoms with Crippen molar-refractivity contribution < 1.29 is 14.6 Å². The van der Waals surface area contributed by atoms with E-state index in [1.807, 2.05) is 24.3 Å². The molecule has 0 radical (unpaired) electrons. The van der Waals surface area contributed by atoms with E-state index in [0.717, 1.165) is 48.8 Å². The molecule has 0 saturated carbocycles. The molecule has 2 aliphatic rings. The van der Waals surface area contributed by atoms with Gasteiger partial charge in [0, 0.05) is 36.4 Å². The molecule has 0 spiro atoms. The average Bonchev–Trinajstić information content (AvgIpc) is 2.73. The number of hydrogen-bond acceptors (Lipinski definition) is 5. The number of rotatable bonds is 4. The molecule has 2 aliphatic heterocycles. The molecule has 2 aromatic carbocycles. The number of likely N-dealkylation sites (tertiary alicyclic amines) is 1. The lowest BCUT2D eigenvalue weighted by Gasteiger charge is -2.34. The van der Waals surface area contributed by atoms with E-state index >= 15 is 0 Å². The molecule has 1 atom stereocenters. The quantitative estimate of drug-likeness (QED) is 0.759. The second kappa shape index (κ2) is 8.99. The number of fused-ring (bicyclic) bond motifs is 1. The summed E-state index contributed by atoms with van der Waals surface area (Å²) >= 11 is 0. The molecule has 2 N–H and O–H groups in total. The van der Waals surface area contributed by atoms with Gasteiger partial charge >= 0.3 is 0 Å². The number of nitrogens with one attached hydrogen (secondary N) is 1. The van der Waals surface area contributed by atoms with Crippen molar-refractivity contribution in [3.05, 3.63) is 53.6 Å². The summed E-state index contributed by atoms with van der Waals surface area (Å²) in [6.07, 6.45) is 2.34. The Labute approximate surface area is 179 Å². The summed E-state index contributed by atoms with van der Waals surface area (Å²) in [5.74, 6) is 7.54. The molecule has 0 bridgehead atoms. The Morgan fingerprint density at radius 1 is 1.10 bits per heavy atom. The molecule has 0 amide bonds. The second-order valence-electron chi connectivity index (χ2n) is 8.58. The van der Waals surface area contributed by atoms with Crippen molar-refractivity contribution in [3.8, 4) is 23.3 Å². The third kappa shape index (κ3) is 5.69. The maximum atomic E-state index is 9.74. The highest BCUT2D eigenvalue weighted by molar-refractivity contribution is 5.55. The third-order valence-corrected chi connectivity index (χ3v) is 5.29. The average molecular weight is 407 g/mol. The van der Waals surface area contributed by atoms with E-state index in [4.69, 9.17) is 9.47 Å². The van der Waals surface area contributed by atoms with Gasteiger partial charge in [-0.15, -0.1) is 0 Å². The third-order valence-electron chi connectivity index (χ3n) is 5.29. The zero-order valence-electron chi connectivity index (χ0n) is 17.8. The van der Waals surface area contributed by atoms with E-state index in [0.29, 0.717) is 19.3 Å². The lowest BCUT2D eigenvalue weighted by atomic mass is 10.0. The Balaban J connectivity index is 1.33. The fourth-order valence-corrected chi connectivity index (χ4v) is 3.86. The van der Waals surface area contributed by atoms with Crippen LogP contribution in [0.5, 0.6) is 11.5 Å². The molecule has 5 nitrogen and oxygen atoms in total. The number of ether oxygens (including phenoxy) is 2. The van der Waals surface area contributed by atoms with Crippen LogP contribution in [-0.4, -0.2) is 48.0 Å². The van der Waals surface area contributed by atoms with Gasteiger partial charge in [-0.3, -0.25) is 4.90 Å². The first kappa shape index (κ1) is 20.6. The van der Waals surface area contributed by atoms with Crippen molar-refractivity contribution in [1.29, 1.82) is 0 Å². The molecule has 30 heavy (non-hydrogen) atoms. The van der Waals surface area contributed by atoms with Gasteiger partial charge in [-0.1, -0.05) is 24.0 Å². The summed E-state index contributed by atoms with van der Waals surface area (Å²) in [7, 11) is 0. The lowest BCUT2D eigenvalue weighted by Crippen LogP contribution is -2.41. The molecule has 4 rings (SSSR count). The van der Waals surface area contributed by atoms with E-state index in [2.05, 4.69) is 40.3 Å². The van der Waals surface area contributed by atoms with Crippen LogP contribution < -0.4 is 14.8 Å². The van der Waals surface area contributed by atoms with Gasteiger partial charge in [0.25, 0.3) is 0 Å². The van der Waals surface area contributed by atoms with Crippen LogP contribution in [0.25, 0.3) is 0 Å². The molecule has 5 heteroatoms. The van der Waals surface area contributed by atoms with Gasteiger partial charge in [-0.25, -0.2) is 0 Å². The number of aliphatic hydroxyl groups is 1. The van der Waals surface area contributed by atoms with Gasteiger partial charge in [-0.2, -0.15) is 0 Å². The molecule has 0 aromatic heterocycles. The summed E-state index contributed by atoms with van der Waals surface area (Å²) < 4.78 is 11.3. The first-order valence-corrected chi connectivity index (χ1v) is 10.7. The van der Waals surface area contributed by atoms with E-state index in [1.165, 1.54) is 12.0 Å². The van der Waals surface area contributed by atoms with Crippen LogP contribution in [-0.2, 0) is 6.54 Å². The van der Waals surface area contributed by atoms with Crippen molar-refractivity contribution in [2.45, 2.75) is 44.9 Å². The van der Waals surface area contributed by atoms with E-state index in [-0.39, 0.29) is 0 Å². The molecule has 0 aliphatic carbocycles. The predicted octanol–water partition coefficient (Wildman–Crippen LogP) is 3.66. The number of piperidine rings is 1. The fourth-order valence-electron chi connectivity index (χ4n) is 3.86. The van der Waals surface area contributed by atoms with Crippen LogP contribution >= 0.6 is 0 Å². The van der Waals surface area contributed by atoms with Gasteiger partial charge in [0.2, 0.25) is 0 Å². The highest BCUT2D eigenvalue weighted by atomic mass is 16.6. The van der Waals surface area contributed by atoms with Gasteiger partial charge in [-0.05, 0) is 63.1 Å². The van der Waals surface area contributed by atoms with Crippen molar-refractivity contribution in [3.63, 3.8) is 0 Å². The Bertz CT molecular complexity index is 922. The second-order valence-corrected chi connectivity index (χ2v) is 8.58. The standard InChI is InChI=1S/C25H30N2O3/c1-25(2,28)12-11-19-5-7-20(8-6-19)17-27-13-3-4-22(18-27)26-21-9-10-23-24(16-21)30-15-14-29-23/h5-10,16,22,26,28H,3-4,13-15,17-18H2,1-2H3. The zero-order chi connectivity index (χ0) is 21.0. The number of anilines is 1. The molecule has 1 saturated heterocycles. The largest absolute Gasteiger partial charge is 0.486 e. The van der Waals surface area contributed by atoms with Gasteiger partial charge in [0.05, 0.1) is 0 Å². The van der Waals surface area contributed by atoms with Crippen molar-refractivity contribution >= 4 is 5.69 Å². The summed E-state index contributed by atoms with van der Waals surface area (Å²) in [4.78, 5) is 2.50. The number of hydrogen-bond donors (Lipinski definition) is 2.